The molecule has 0 aliphatic heterocycles. The molecule has 0 saturated heterocycles. The lowest BCUT2D eigenvalue weighted by Crippen LogP contribution is -2.12. The van der Waals surface area contributed by atoms with Crippen LogP contribution >= 0.6 is 11.6 Å². The van der Waals surface area contributed by atoms with Gasteiger partial charge in [-0.25, -0.2) is 8.42 Å². The highest BCUT2D eigenvalue weighted by molar-refractivity contribution is 7.90. The molecule has 0 amide bonds. The molecule has 0 saturated carbocycles. The molecule has 2 aromatic carbocycles. The summed E-state index contributed by atoms with van der Waals surface area (Å²) >= 11 is 5.82. The van der Waals surface area contributed by atoms with Crippen molar-refractivity contribution in [2.75, 3.05) is 17.7 Å². The van der Waals surface area contributed by atoms with Crippen LogP contribution < -0.4 is 15.7 Å². The summed E-state index contributed by atoms with van der Waals surface area (Å²) in [6.45, 7) is 0. The summed E-state index contributed by atoms with van der Waals surface area (Å²) in [5.74, 6) is -0.767. The first-order valence-electron chi connectivity index (χ1n) is 6.24. The summed E-state index contributed by atoms with van der Waals surface area (Å²) < 4.78 is 52.3. The van der Waals surface area contributed by atoms with Gasteiger partial charge in [0.05, 0.1) is 21.3 Å². The number of sulfone groups is 1. The second-order valence-corrected chi connectivity index (χ2v) is 8.79. The first-order chi connectivity index (χ1) is 10.9. The van der Waals surface area contributed by atoms with Gasteiger partial charge < -0.3 is 20.8 Å². The molecule has 0 radical (unpaired) electrons. The van der Waals surface area contributed by atoms with Crippen molar-refractivity contribution in [1.29, 1.82) is 0 Å². The molecule has 0 aliphatic rings. The highest BCUT2D eigenvalue weighted by atomic mass is 35.5. The summed E-state index contributed by atoms with van der Waals surface area (Å²) in [5, 5.41) is 9.29. The van der Waals surface area contributed by atoms with Crippen molar-refractivity contribution in [3.05, 3.63) is 35.4 Å². The van der Waals surface area contributed by atoms with Crippen LogP contribution in [0.1, 0.15) is 0 Å². The van der Waals surface area contributed by atoms with E-state index in [9.17, 15) is 21.9 Å². The molecule has 0 aromatic heterocycles. The van der Waals surface area contributed by atoms with Gasteiger partial charge >= 0.3 is 10.1 Å². The second kappa shape index (κ2) is 6.04. The largest absolute Gasteiger partial charge is 0.506 e. The van der Waals surface area contributed by atoms with E-state index in [1.54, 1.807) is 0 Å². The molecule has 0 atom stereocenters. The molecule has 11 heteroatoms. The molecule has 2 aromatic rings. The number of phenols is 1. The van der Waals surface area contributed by atoms with Crippen LogP contribution in [0.15, 0.2) is 40.1 Å². The minimum atomic E-state index is -4.43. The van der Waals surface area contributed by atoms with E-state index in [2.05, 4.69) is 0 Å². The van der Waals surface area contributed by atoms with Gasteiger partial charge in [0.25, 0.3) is 0 Å². The first-order valence-corrected chi connectivity index (χ1v) is 9.91. The van der Waals surface area contributed by atoms with Crippen LogP contribution in [0.25, 0.3) is 0 Å². The first kappa shape index (κ1) is 18.2. The third-order valence-electron chi connectivity index (χ3n) is 2.96. The number of benzene rings is 2. The van der Waals surface area contributed by atoms with Gasteiger partial charge in [-0.1, -0.05) is 11.6 Å². The minimum Gasteiger partial charge on any atom is -0.506 e. The van der Waals surface area contributed by atoms with Gasteiger partial charge in [0.2, 0.25) is 0 Å². The van der Waals surface area contributed by atoms with Crippen LogP contribution in [0, 0.1) is 0 Å². The monoisotopic (exact) mass is 392 g/mol. The third kappa shape index (κ3) is 3.66. The van der Waals surface area contributed by atoms with Crippen molar-refractivity contribution in [2.45, 2.75) is 9.79 Å². The molecule has 0 aliphatic carbocycles. The number of phenolic OH excluding ortho intramolecular Hbond substituents is 1. The Labute approximate surface area is 143 Å². The van der Waals surface area contributed by atoms with Gasteiger partial charge in [-0.15, -0.1) is 0 Å². The number of anilines is 2. The lowest BCUT2D eigenvalue weighted by atomic mass is 10.3. The number of halogens is 1. The Morgan fingerprint density at radius 1 is 1.04 bits per heavy atom. The highest BCUT2D eigenvalue weighted by Crippen LogP contribution is 2.34. The molecule has 130 valence electrons. The zero-order valence-electron chi connectivity index (χ0n) is 12.2. The fourth-order valence-corrected chi connectivity index (χ4v) is 3.89. The lowest BCUT2D eigenvalue weighted by molar-refractivity contribution is 0.470. The number of rotatable bonds is 4. The topological polar surface area (TPSA) is 150 Å². The number of hydrogen-bond acceptors (Lipinski definition) is 8. The van der Waals surface area contributed by atoms with E-state index in [0.717, 1.165) is 36.6 Å². The SMILES string of the molecule is CS(=O)(=O)c1ccc(OS(=O)(=O)c2cc(O)c(N)cc2Cl)c(N)c1. The Kier molecular flexibility index (Phi) is 4.57. The standard InChI is InChI=1S/C13H13ClN2O6S2/c1-23(18,19)7-2-3-12(10(16)4-7)22-24(20,21)13-6-11(17)9(15)5-8(13)14/h2-6,17H,15-16H2,1H3. The van der Waals surface area contributed by atoms with Crippen LogP contribution in [0.5, 0.6) is 11.5 Å². The maximum Gasteiger partial charge on any atom is 0.340 e. The van der Waals surface area contributed by atoms with Crippen LogP contribution in [0.4, 0.5) is 11.4 Å². The number of hydrogen-bond donors (Lipinski definition) is 3. The van der Waals surface area contributed by atoms with Gasteiger partial charge in [-0.05, 0) is 24.3 Å². The molecule has 0 unspecified atom stereocenters. The Bertz CT molecular complexity index is 1020. The average molecular weight is 393 g/mol. The molecule has 8 nitrogen and oxygen atoms in total. The summed E-state index contributed by atoms with van der Waals surface area (Å²) in [6, 6.07) is 5.23. The van der Waals surface area contributed by atoms with E-state index < -0.39 is 30.6 Å². The van der Waals surface area contributed by atoms with Crippen molar-refractivity contribution < 1.29 is 26.1 Å². The fraction of sp³-hybridized carbons (Fsp3) is 0.0769. The van der Waals surface area contributed by atoms with Gasteiger partial charge in [-0.3, -0.25) is 0 Å². The van der Waals surface area contributed by atoms with Gasteiger partial charge in [0.1, 0.15) is 10.6 Å². The summed E-state index contributed by atoms with van der Waals surface area (Å²) in [4.78, 5) is -0.602. The Balaban J connectivity index is 2.46. The van der Waals surface area contributed by atoms with Crippen LogP contribution in [-0.2, 0) is 20.0 Å². The molecule has 0 fully saturated rings. The molecule has 0 spiro atoms. The lowest BCUT2D eigenvalue weighted by Gasteiger charge is -2.12. The van der Waals surface area contributed by atoms with E-state index in [4.69, 9.17) is 27.3 Å². The number of nitrogens with two attached hydrogens (primary N) is 2. The van der Waals surface area contributed by atoms with Crippen molar-refractivity contribution >= 4 is 42.9 Å². The van der Waals surface area contributed by atoms with Crippen LogP contribution in [0.2, 0.25) is 5.02 Å². The Hall–Kier alpha value is -2.17. The summed E-state index contributed by atoms with van der Waals surface area (Å²) in [7, 11) is -7.94. The van der Waals surface area contributed by atoms with Crippen molar-refractivity contribution in [3.63, 3.8) is 0 Å². The van der Waals surface area contributed by atoms with Crippen LogP contribution in [-0.4, -0.2) is 28.2 Å². The molecule has 2 rings (SSSR count). The fourth-order valence-electron chi connectivity index (χ4n) is 1.75. The predicted octanol–water partition coefficient (Wildman–Crippen LogP) is 1.38. The zero-order valence-corrected chi connectivity index (χ0v) is 14.6. The normalized spacial score (nSPS) is 12.1. The number of aromatic hydroxyl groups is 1. The molecular weight excluding hydrogens is 380 g/mol. The molecule has 0 bridgehead atoms. The third-order valence-corrected chi connectivity index (χ3v) is 5.77. The second-order valence-electron chi connectivity index (χ2n) is 4.85. The van der Waals surface area contributed by atoms with Crippen molar-refractivity contribution in [2.24, 2.45) is 0 Å². The van der Waals surface area contributed by atoms with E-state index in [0.29, 0.717) is 0 Å². The smallest absolute Gasteiger partial charge is 0.340 e. The van der Waals surface area contributed by atoms with E-state index in [1.165, 1.54) is 0 Å². The maximum absolute atomic E-state index is 12.3. The average Bonchev–Trinajstić information content (AvgIpc) is 2.43. The van der Waals surface area contributed by atoms with Crippen molar-refractivity contribution in [1.82, 2.24) is 0 Å². The summed E-state index contributed by atoms with van der Waals surface area (Å²) in [6.07, 6.45) is 0.982. The Morgan fingerprint density at radius 2 is 1.67 bits per heavy atom. The number of nitrogen functional groups attached to an aromatic ring is 2. The van der Waals surface area contributed by atoms with Crippen LogP contribution in [0.3, 0.4) is 0 Å². The van der Waals surface area contributed by atoms with Gasteiger partial charge in [0, 0.05) is 12.3 Å². The van der Waals surface area contributed by atoms with Gasteiger partial charge in [0.15, 0.2) is 15.6 Å². The predicted molar refractivity (Wildman–Crippen MR) is 89.3 cm³/mol. The molecule has 0 heterocycles. The quantitative estimate of drug-likeness (QED) is 0.401. The zero-order chi connectivity index (χ0) is 18.3. The molecule has 5 N–H and O–H groups in total. The molecular formula is C13H13ClN2O6S2. The molecule has 24 heavy (non-hydrogen) atoms. The summed E-state index contributed by atoms with van der Waals surface area (Å²) in [5.41, 5.74) is 10.8. The van der Waals surface area contributed by atoms with E-state index >= 15 is 0 Å². The minimum absolute atomic E-state index is 0.0899. The van der Waals surface area contributed by atoms with Gasteiger partial charge in [-0.2, -0.15) is 8.42 Å². The Morgan fingerprint density at radius 3 is 2.21 bits per heavy atom. The maximum atomic E-state index is 12.3. The van der Waals surface area contributed by atoms with E-state index in [1.807, 2.05) is 0 Å². The highest BCUT2D eigenvalue weighted by Gasteiger charge is 2.24. The van der Waals surface area contributed by atoms with E-state index in [-0.39, 0.29) is 27.0 Å². The van der Waals surface area contributed by atoms with Crippen molar-refractivity contribution in [3.8, 4) is 11.5 Å².